The maximum Gasteiger partial charge on any atom is 0.251 e. The maximum absolute atomic E-state index is 12.4. The van der Waals surface area contributed by atoms with Crippen LogP contribution in [-0.4, -0.2) is 60.9 Å². The molecule has 1 aliphatic rings. The first kappa shape index (κ1) is 21.1. The average molecular weight is 416 g/mol. The van der Waals surface area contributed by atoms with Crippen LogP contribution in [0.25, 0.3) is 0 Å². The smallest absolute Gasteiger partial charge is 0.251 e. The van der Waals surface area contributed by atoms with Crippen molar-refractivity contribution in [2.75, 3.05) is 39.3 Å². The third-order valence-electron chi connectivity index (χ3n) is 4.85. The van der Waals surface area contributed by atoms with Gasteiger partial charge in [-0.2, -0.15) is 0 Å². The van der Waals surface area contributed by atoms with Crippen molar-refractivity contribution in [1.29, 1.82) is 0 Å². The summed E-state index contributed by atoms with van der Waals surface area (Å²) in [7, 11) is 0. The summed E-state index contributed by atoms with van der Waals surface area (Å²) in [4.78, 5) is 28.7. The molecule has 0 bridgehead atoms. The van der Waals surface area contributed by atoms with Crippen molar-refractivity contribution in [3.8, 4) is 5.75 Å². The Kier molecular flexibility index (Phi) is 7.49. The first-order valence-electron chi connectivity index (χ1n) is 9.81. The van der Waals surface area contributed by atoms with Gasteiger partial charge < -0.3 is 15.0 Å². The maximum atomic E-state index is 12.4. The quantitative estimate of drug-likeness (QED) is 0.755. The van der Waals surface area contributed by atoms with Crippen molar-refractivity contribution in [3.63, 3.8) is 0 Å². The molecule has 2 amide bonds. The van der Waals surface area contributed by atoms with E-state index in [1.54, 1.807) is 29.2 Å². The normalized spacial score (nSPS) is 14.5. The monoisotopic (exact) mass is 415 g/mol. The Morgan fingerprint density at radius 2 is 1.79 bits per heavy atom. The van der Waals surface area contributed by atoms with Gasteiger partial charge in [0.1, 0.15) is 5.75 Å². The van der Waals surface area contributed by atoms with Crippen LogP contribution in [0.3, 0.4) is 0 Å². The van der Waals surface area contributed by atoms with Gasteiger partial charge in [-0.3, -0.25) is 14.5 Å². The molecule has 0 saturated carbocycles. The van der Waals surface area contributed by atoms with Gasteiger partial charge >= 0.3 is 0 Å². The van der Waals surface area contributed by atoms with Crippen LogP contribution in [-0.2, 0) is 11.3 Å². The molecule has 6 nitrogen and oxygen atoms in total. The second kappa shape index (κ2) is 10.3. The predicted octanol–water partition coefficient (Wildman–Crippen LogP) is 2.81. The minimum atomic E-state index is -0.296. The lowest BCUT2D eigenvalue weighted by molar-refractivity contribution is -0.131. The van der Waals surface area contributed by atoms with Crippen LogP contribution >= 0.6 is 11.6 Å². The zero-order valence-electron chi connectivity index (χ0n) is 16.6. The Labute approximate surface area is 176 Å². The standard InChI is InChI=1S/C22H26ClN3O3/c1-2-29-20-8-6-17(7-9-20)16-25-10-12-26(13-11-25)21(27)15-24-22(28)18-4-3-5-19(23)14-18/h3-9,14H,2,10-13,15-16H2,1H3,(H,24,28). The SMILES string of the molecule is CCOc1ccc(CN2CCN(C(=O)CNC(=O)c3cccc(Cl)c3)CC2)cc1. The molecule has 3 rings (SSSR count). The lowest BCUT2D eigenvalue weighted by atomic mass is 10.2. The molecule has 1 heterocycles. The largest absolute Gasteiger partial charge is 0.494 e. The van der Waals surface area contributed by atoms with Crippen molar-refractivity contribution in [2.45, 2.75) is 13.5 Å². The topological polar surface area (TPSA) is 61.9 Å². The van der Waals surface area contributed by atoms with Crippen LogP contribution in [0.5, 0.6) is 5.75 Å². The molecule has 1 aliphatic heterocycles. The van der Waals surface area contributed by atoms with Crippen LogP contribution < -0.4 is 10.1 Å². The molecule has 1 N–H and O–H groups in total. The summed E-state index contributed by atoms with van der Waals surface area (Å²) < 4.78 is 5.47. The number of benzene rings is 2. The van der Waals surface area contributed by atoms with E-state index in [4.69, 9.17) is 16.3 Å². The number of rotatable bonds is 7. The number of nitrogens with one attached hydrogen (secondary N) is 1. The summed E-state index contributed by atoms with van der Waals surface area (Å²) in [5.74, 6) is 0.516. The Morgan fingerprint density at radius 1 is 1.07 bits per heavy atom. The van der Waals surface area contributed by atoms with E-state index >= 15 is 0 Å². The lowest BCUT2D eigenvalue weighted by Gasteiger charge is -2.34. The van der Waals surface area contributed by atoms with E-state index in [1.807, 2.05) is 19.1 Å². The van der Waals surface area contributed by atoms with Gasteiger partial charge in [0, 0.05) is 43.3 Å². The highest BCUT2D eigenvalue weighted by atomic mass is 35.5. The zero-order chi connectivity index (χ0) is 20.6. The summed E-state index contributed by atoms with van der Waals surface area (Å²) in [5.41, 5.74) is 1.67. The van der Waals surface area contributed by atoms with Gasteiger partial charge in [0.15, 0.2) is 0 Å². The van der Waals surface area contributed by atoms with E-state index in [0.717, 1.165) is 25.4 Å². The number of halogens is 1. The number of amides is 2. The number of ether oxygens (including phenoxy) is 1. The molecular weight excluding hydrogens is 390 g/mol. The molecule has 7 heteroatoms. The molecular formula is C22H26ClN3O3. The molecule has 0 aromatic heterocycles. The first-order valence-corrected chi connectivity index (χ1v) is 10.2. The highest BCUT2D eigenvalue weighted by molar-refractivity contribution is 6.30. The minimum absolute atomic E-state index is 0.00969. The second-order valence-corrected chi connectivity index (χ2v) is 7.36. The van der Waals surface area contributed by atoms with E-state index in [1.165, 1.54) is 5.56 Å². The van der Waals surface area contributed by atoms with Crippen molar-refractivity contribution in [3.05, 3.63) is 64.7 Å². The van der Waals surface area contributed by atoms with Crippen molar-refractivity contribution < 1.29 is 14.3 Å². The van der Waals surface area contributed by atoms with Crippen LogP contribution in [0.2, 0.25) is 5.02 Å². The summed E-state index contributed by atoms with van der Waals surface area (Å²) >= 11 is 5.90. The Hall–Kier alpha value is -2.57. The fraction of sp³-hybridized carbons (Fsp3) is 0.364. The van der Waals surface area contributed by atoms with E-state index in [-0.39, 0.29) is 18.4 Å². The molecule has 29 heavy (non-hydrogen) atoms. The fourth-order valence-electron chi connectivity index (χ4n) is 3.27. The highest BCUT2D eigenvalue weighted by Crippen LogP contribution is 2.15. The molecule has 1 fully saturated rings. The number of nitrogens with zero attached hydrogens (tertiary/aromatic N) is 2. The van der Waals surface area contributed by atoms with Crippen LogP contribution in [0.1, 0.15) is 22.8 Å². The number of piperazine rings is 1. The second-order valence-electron chi connectivity index (χ2n) is 6.93. The van der Waals surface area contributed by atoms with Crippen molar-refractivity contribution >= 4 is 23.4 Å². The summed E-state index contributed by atoms with van der Waals surface area (Å²) in [6.07, 6.45) is 0. The Bertz CT molecular complexity index is 833. The number of hydrogen-bond acceptors (Lipinski definition) is 4. The zero-order valence-corrected chi connectivity index (χ0v) is 17.3. The van der Waals surface area contributed by atoms with Crippen LogP contribution in [0.4, 0.5) is 0 Å². The number of hydrogen-bond donors (Lipinski definition) is 1. The minimum Gasteiger partial charge on any atom is -0.494 e. The van der Waals surface area contributed by atoms with Gasteiger partial charge in [0.2, 0.25) is 5.91 Å². The molecule has 0 spiro atoms. The molecule has 0 unspecified atom stereocenters. The van der Waals surface area contributed by atoms with E-state index < -0.39 is 0 Å². The highest BCUT2D eigenvalue weighted by Gasteiger charge is 2.21. The van der Waals surface area contributed by atoms with Gasteiger partial charge in [0.25, 0.3) is 5.91 Å². The summed E-state index contributed by atoms with van der Waals surface area (Å²) in [5, 5.41) is 3.17. The van der Waals surface area contributed by atoms with Gasteiger partial charge in [-0.05, 0) is 42.8 Å². The van der Waals surface area contributed by atoms with Gasteiger partial charge in [0.05, 0.1) is 13.2 Å². The van der Waals surface area contributed by atoms with Crippen LogP contribution in [0.15, 0.2) is 48.5 Å². The molecule has 154 valence electrons. The molecule has 0 atom stereocenters. The Morgan fingerprint density at radius 3 is 2.45 bits per heavy atom. The van der Waals surface area contributed by atoms with Gasteiger partial charge in [-0.15, -0.1) is 0 Å². The molecule has 0 aliphatic carbocycles. The molecule has 2 aromatic carbocycles. The van der Waals surface area contributed by atoms with Gasteiger partial charge in [-0.1, -0.05) is 29.8 Å². The third-order valence-corrected chi connectivity index (χ3v) is 5.09. The van der Waals surface area contributed by atoms with E-state index in [2.05, 4.69) is 22.3 Å². The number of carbonyl (C=O) groups is 2. The fourth-order valence-corrected chi connectivity index (χ4v) is 3.46. The van der Waals surface area contributed by atoms with Crippen LogP contribution in [0, 0.1) is 0 Å². The van der Waals surface area contributed by atoms with Gasteiger partial charge in [-0.25, -0.2) is 0 Å². The first-order chi connectivity index (χ1) is 14.0. The average Bonchev–Trinajstić information content (AvgIpc) is 2.74. The van der Waals surface area contributed by atoms with Crippen molar-refractivity contribution in [2.24, 2.45) is 0 Å². The molecule has 0 radical (unpaired) electrons. The summed E-state index contributed by atoms with van der Waals surface area (Å²) in [6, 6.07) is 14.8. The summed E-state index contributed by atoms with van der Waals surface area (Å²) in [6.45, 7) is 6.39. The molecule has 2 aromatic rings. The Balaban J connectivity index is 1.41. The molecule has 1 saturated heterocycles. The third kappa shape index (κ3) is 6.21. The van der Waals surface area contributed by atoms with E-state index in [0.29, 0.717) is 30.3 Å². The predicted molar refractivity (Wildman–Crippen MR) is 113 cm³/mol. The van der Waals surface area contributed by atoms with E-state index in [9.17, 15) is 9.59 Å². The lowest BCUT2D eigenvalue weighted by Crippen LogP contribution is -2.50. The van der Waals surface area contributed by atoms with Crippen molar-refractivity contribution in [1.82, 2.24) is 15.1 Å². The number of carbonyl (C=O) groups excluding carboxylic acids is 2.